The maximum atomic E-state index is 14.0. The summed E-state index contributed by atoms with van der Waals surface area (Å²) in [5, 5.41) is 0.560. The molecular weight excluding hydrogens is 424 g/mol. The molecule has 160 valence electrons. The molecule has 0 saturated heterocycles. The van der Waals surface area contributed by atoms with Gasteiger partial charge in [-0.2, -0.15) is 0 Å². The molecule has 1 aliphatic rings. The number of amides is 1. The zero-order valence-corrected chi connectivity index (χ0v) is 18.5. The number of ether oxygens (including phenoxy) is 1. The van der Waals surface area contributed by atoms with Crippen molar-refractivity contribution in [2.24, 2.45) is 0 Å². The number of hydrogen-bond acceptors (Lipinski definition) is 4. The van der Waals surface area contributed by atoms with Crippen molar-refractivity contribution in [3.8, 4) is 5.75 Å². The molecule has 2 heterocycles. The van der Waals surface area contributed by atoms with Crippen LogP contribution in [0.3, 0.4) is 0 Å². The van der Waals surface area contributed by atoms with E-state index in [1.807, 2.05) is 89.3 Å². The second kappa shape index (κ2) is 8.05. The van der Waals surface area contributed by atoms with Gasteiger partial charge in [0.1, 0.15) is 5.75 Å². The quantitative estimate of drug-likeness (QED) is 0.408. The van der Waals surface area contributed by atoms with Crippen molar-refractivity contribution in [1.82, 2.24) is 9.55 Å². The average molecular weight is 445 g/mol. The minimum Gasteiger partial charge on any atom is -0.497 e. The van der Waals surface area contributed by atoms with Crippen LogP contribution in [0.4, 0.5) is 22.9 Å². The van der Waals surface area contributed by atoms with Crippen molar-refractivity contribution in [1.29, 1.82) is 0 Å². The minimum absolute atomic E-state index is 0.167. The van der Waals surface area contributed by atoms with Crippen LogP contribution < -0.4 is 14.5 Å². The predicted octanol–water partition coefficient (Wildman–Crippen LogP) is 5.65. The van der Waals surface area contributed by atoms with Crippen LogP contribution in [0.1, 0.15) is 16.1 Å². The number of hydrogen-bond donors (Lipinski definition) is 0. The van der Waals surface area contributed by atoms with Crippen LogP contribution in [0.2, 0.25) is 5.02 Å². The van der Waals surface area contributed by atoms with Gasteiger partial charge < -0.3 is 14.2 Å². The van der Waals surface area contributed by atoms with Gasteiger partial charge in [-0.15, -0.1) is 0 Å². The van der Waals surface area contributed by atoms with Gasteiger partial charge in [-0.05, 0) is 48.0 Å². The molecule has 0 spiro atoms. The van der Waals surface area contributed by atoms with Crippen LogP contribution >= 0.6 is 11.6 Å². The number of carbonyl (C=O) groups is 1. The molecule has 1 amide bonds. The Labute approximate surface area is 191 Å². The Morgan fingerprint density at radius 3 is 2.56 bits per heavy atom. The number of anilines is 4. The third-order valence-electron chi connectivity index (χ3n) is 5.58. The number of carbonyl (C=O) groups excluding carboxylic acids is 1. The molecule has 5 rings (SSSR count). The average Bonchev–Trinajstić information content (AvgIpc) is 3.19. The number of nitrogens with zero attached hydrogens (tertiary/aromatic N) is 4. The third-order valence-corrected chi connectivity index (χ3v) is 5.82. The van der Waals surface area contributed by atoms with Gasteiger partial charge >= 0.3 is 0 Å². The van der Waals surface area contributed by atoms with E-state index in [1.165, 1.54) is 0 Å². The molecule has 1 aliphatic heterocycles. The maximum Gasteiger partial charge on any atom is 0.283 e. The van der Waals surface area contributed by atoms with E-state index in [9.17, 15) is 4.79 Å². The van der Waals surface area contributed by atoms with E-state index < -0.39 is 0 Å². The van der Waals surface area contributed by atoms with Gasteiger partial charge in [-0.3, -0.25) is 9.69 Å². The van der Waals surface area contributed by atoms with Gasteiger partial charge in [0.05, 0.1) is 24.8 Å². The summed E-state index contributed by atoms with van der Waals surface area (Å²) in [5.41, 5.74) is 3.83. The first-order valence-electron chi connectivity index (χ1n) is 10.2. The smallest absolute Gasteiger partial charge is 0.283 e. The highest BCUT2D eigenvalue weighted by Gasteiger charge is 2.34. The van der Waals surface area contributed by atoms with Crippen molar-refractivity contribution in [2.75, 3.05) is 24.0 Å². The lowest BCUT2D eigenvalue weighted by atomic mass is 10.2. The molecule has 32 heavy (non-hydrogen) atoms. The maximum absolute atomic E-state index is 14.0. The van der Waals surface area contributed by atoms with Crippen molar-refractivity contribution >= 4 is 40.4 Å². The molecule has 0 atom stereocenters. The largest absolute Gasteiger partial charge is 0.497 e. The Bertz CT molecular complexity index is 1300. The van der Waals surface area contributed by atoms with Crippen molar-refractivity contribution in [2.45, 2.75) is 6.54 Å². The van der Waals surface area contributed by atoms with E-state index in [4.69, 9.17) is 16.3 Å². The van der Waals surface area contributed by atoms with E-state index in [0.717, 1.165) is 22.7 Å². The summed E-state index contributed by atoms with van der Waals surface area (Å²) in [6.07, 6.45) is 1.71. The predicted molar refractivity (Wildman–Crippen MR) is 127 cm³/mol. The zero-order chi connectivity index (χ0) is 22.2. The number of halogens is 1. The normalized spacial score (nSPS) is 12.9. The molecule has 0 saturated carbocycles. The summed E-state index contributed by atoms with van der Waals surface area (Å²) in [4.78, 5) is 22.3. The monoisotopic (exact) mass is 444 g/mol. The molecular formula is C25H21ClN4O2. The fraction of sp³-hybridized carbons (Fsp3) is 0.120. The Kier molecular flexibility index (Phi) is 5.07. The van der Waals surface area contributed by atoms with E-state index in [1.54, 1.807) is 18.3 Å². The van der Waals surface area contributed by atoms with Gasteiger partial charge in [-0.1, -0.05) is 41.9 Å². The van der Waals surface area contributed by atoms with E-state index in [2.05, 4.69) is 4.98 Å². The van der Waals surface area contributed by atoms with E-state index >= 15 is 0 Å². The Morgan fingerprint density at radius 2 is 1.78 bits per heavy atom. The topological polar surface area (TPSA) is 50.6 Å². The molecule has 7 heteroatoms. The fourth-order valence-corrected chi connectivity index (χ4v) is 4.21. The van der Waals surface area contributed by atoms with Crippen LogP contribution in [0.5, 0.6) is 5.75 Å². The highest BCUT2D eigenvalue weighted by Crippen LogP contribution is 2.43. The number of aromatic nitrogens is 2. The first kappa shape index (κ1) is 20.2. The van der Waals surface area contributed by atoms with Crippen molar-refractivity contribution < 1.29 is 9.53 Å². The highest BCUT2D eigenvalue weighted by molar-refractivity contribution is 6.31. The summed E-state index contributed by atoms with van der Waals surface area (Å²) < 4.78 is 7.23. The second-order valence-electron chi connectivity index (χ2n) is 7.56. The zero-order valence-electron chi connectivity index (χ0n) is 17.7. The number of fused-ring (bicyclic) bond motifs is 2. The molecule has 0 bridgehead atoms. The summed E-state index contributed by atoms with van der Waals surface area (Å²) in [5.74, 6) is 1.20. The van der Waals surface area contributed by atoms with Gasteiger partial charge in [0.15, 0.2) is 11.5 Å². The Morgan fingerprint density at radius 1 is 0.969 bits per heavy atom. The Hall–Kier alpha value is -3.77. The van der Waals surface area contributed by atoms with Gasteiger partial charge in [0.2, 0.25) is 0 Å². The first-order valence-corrected chi connectivity index (χ1v) is 10.6. The number of methoxy groups -OCH3 is 1. The Balaban J connectivity index is 1.67. The third kappa shape index (κ3) is 3.39. The number of benzene rings is 3. The lowest BCUT2D eigenvalue weighted by Crippen LogP contribution is -2.27. The molecule has 0 radical (unpaired) electrons. The number of para-hydroxylation sites is 1. The molecule has 0 aliphatic carbocycles. The number of rotatable bonds is 4. The van der Waals surface area contributed by atoms with E-state index in [0.29, 0.717) is 28.8 Å². The fourth-order valence-electron chi connectivity index (χ4n) is 4.05. The summed E-state index contributed by atoms with van der Waals surface area (Å²) in [7, 11) is 3.55. The lowest BCUT2D eigenvalue weighted by Gasteiger charge is -2.25. The minimum atomic E-state index is -0.167. The molecule has 0 N–H and O–H groups in total. The molecule has 0 unspecified atom stereocenters. The number of imidazole rings is 1. The summed E-state index contributed by atoms with van der Waals surface area (Å²) >= 11 is 6.34. The van der Waals surface area contributed by atoms with Gasteiger partial charge in [-0.25, -0.2) is 4.98 Å². The van der Waals surface area contributed by atoms with Crippen molar-refractivity contribution in [3.63, 3.8) is 0 Å². The standard InChI is InChI=1S/C25H21ClN4O2/c1-28-21-12-11-18(26)14-22(21)30(19-8-4-3-5-9-19)25(31)23-24(28)27-16-29(23)15-17-7-6-10-20(13-17)32-2/h3-14,16H,15H2,1-2H3. The van der Waals surface area contributed by atoms with Crippen LogP contribution in [0.25, 0.3) is 0 Å². The van der Waals surface area contributed by atoms with Crippen LogP contribution in [0.15, 0.2) is 79.1 Å². The van der Waals surface area contributed by atoms with Crippen LogP contribution in [-0.2, 0) is 6.54 Å². The molecule has 4 aromatic rings. The van der Waals surface area contributed by atoms with Crippen LogP contribution in [0, 0.1) is 0 Å². The summed E-state index contributed by atoms with van der Waals surface area (Å²) in [6.45, 7) is 0.485. The van der Waals surface area contributed by atoms with Gasteiger partial charge in [0, 0.05) is 24.3 Å². The lowest BCUT2D eigenvalue weighted by molar-refractivity contribution is 0.0992. The first-order chi connectivity index (χ1) is 15.6. The van der Waals surface area contributed by atoms with Gasteiger partial charge in [0.25, 0.3) is 5.91 Å². The van der Waals surface area contributed by atoms with E-state index in [-0.39, 0.29) is 5.91 Å². The van der Waals surface area contributed by atoms with Crippen molar-refractivity contribution in [3.05, 3.63) is 95.4 Å². The molecule has 1 aromatic heterocycles. The van der Waals surface area contributed by atoms with Crippen LogP contribution in [-0.4, -0.2) is 29.6 Å². The molecule has 6 nitrogen and oxygen atoms in total. The SMILES string of the molecule is COc1cccc(Cn2cnc3c2C(=O)N(c2ccccc2)c2cc(Cl)ccc2N3C)c1. The molecule has 3 aromatic carbocycles. The second-order valence-corrected chi connectivity index (χ2v) is 8.00. The summed E-state index contributed by atoms with van der Waals surface area (Å²) in [6, 6.07) is 22.9. The molecule has 0 fully saturated rings. The highest BCUT2D eigenvalue weighted by atomic mass is 35.5.